The summed E-state index contributed by atoms with van der Waals surface area (Å²) >= 11 is 0. The first kappa shape index (κ1) is 18.7. The smallest absolute Gasteiger partial charge is 0.315 e. The lowest BCUT2D eigenvalue weighted by molar-refractivity contribution is -0.133. The Balaban J connectivity index is 1.54. The zero-order valence-corrected chi connectivity index (χ0v) is 16.3. The van der Waals surface area contributed by atoms with Crippen LogP contribution in [0, 0.1) is 10.8 Å². The molecule has 3 unspecified atom stereocenters. The zero-order valence-electron chi connectivity index (χ0n) is 16.3. The highest BCUT2D eigenvalue weighted by molar-refractivity contribution is 5.87. The quantitative estimate of drug-likeness (QED) is 0.868. The van der Waals surface area contributed by atoms with Crippen molar-refractivity contribution in [3.8, 4) is 0 Å². The molecule has 5 heteroatoms. The number of fused-ring (bicyclic) bond motifs is 2. The van der Waals surface area contributed by atoms with E-state index in [9.17, 15) is 9.59 Å². The lowest BCUT2D eigenvalue weighted by Gasteiger charge is -2.39. The number of amides is 3. The van der Waals surface area contributed by atoms with Gasteiger partial charge in [0.25, 0.3) is 0 Å². The van der Waals surface area contributed by atoms with Gasteiger partial charge in [-0.1, -0.05) is 51.1 Å². The van der Waals surface area contributed by atoms with E-state index in [0.29, 0.717) is 12.6 Å². The van der Waals surface area contributed by atoms with Crippen LogP contribution in [0.1, 0.15) is 52.5 Å². The van der Waals surface area contributed by atoms with Crippen LogP contribution in [0.3, 0.4) is 0 Å². The van der Waals surface area contributed by atoms with Crippen molar-refractivity contribution >= 4 is 11.9 Å². The molecule has 1 aliphatic carbocycles. The topological polar surface area (TPSA) is 61.4 Å². The summed E-state index contributed by atoms with van der Waals surface area (Å²) in [5.41, 5.74) is 1.51. The molecule has 1 heterocycles. The molecule has 3 atom stereocenters. The van der Waals surface area contributed by atoms with Crippen molar-refractivity contribution in [3.63, 3.8) is 0 Å². The van der Waals surface area contributed by atoms with Gasteiger partial charge in [0.1, 0.15) is 6.04 Å². The highest BCUT2D eigenvalue weighted by atomic mass is 16.2. The first-order valence-corrected chi connectivity index (χ1v) is 9.56. The van der Waals surface area contributed by atoms with Crippen LogP contribution in [0.4, 0.5) is 4.79 Å². The molecule has 26 heavy (non-hydrogen) atoms. The van der Waals surface area contributed by atoms with Crippen molar-refractivity contribution in [1.82, 2.24) is 15.5 Å². The van der Waals surface area contributed by atoms with Crippen LogP contribution in [0.2, 0.25) is 0 Å². The Hall–Kier alpha value is -2.04. The van der Waals surface area contributed by atoms with Gasteiger partial charge in [-0.05, 0) is 42.6 Å². The van der Waals surface area contributed by atoms with Gasteiger partial charge in [-0.2, -0.15) is 0 Å². The van der Waals surface area contributed by atoms with Crippen LogP contribution < -0.4 is 10.6 Å². The van der Waals surface area contributed by atoms with Gasteiger partial charge < -0.3 is 15.5 Å². The normalized spacial score (nSPS) is 27.7. The number of hydrogen-bond donors (Lipinski definition) is 2. The molecule has 0 radical (unpaired) electrons. The van der Waals surface area contributed by atoms with Crippen LogP contribution in [-0.2, 0) is 11.3 Å². The molecule has 2 aliphatic rings. The lowest BCUT2D eigenvalue weighted by Crippen LogP contribution is -2.51. The van der Waals surface area contributed by atoms with E-state index < -0.39 is 6.04 Å². The molecule has 2 bridgehead atoms. The van der Waals surface area contributed by atoms with E-state index in [1.807, 2.05) is 35.2 Å². The second kappa shape index (κ2) is 6.93. The molecule has 142 valence electrons. The Morgan fingerprint density at radius 1 is 1.19 bits per heavy atom. The summed E-state index contributed by atoms with van der Waals surface area (Å²) in [4.78, 5) is 27.1. The van der Waals surface area contributed by atoms with E-state index in [1.165, 1.54) is 0 Å². The summed E-state index contributed by atoms with van der Waals surface area (Å²) in [5.74, 6) is 0.0336. The molecule has 3 rings (SSSR count). The average Bonchev–Trinajstić information content (AvgIpc) is 2.82. The SMILES string of the molecule is CC(NC(=O)NCc1ccccc1)C(=O)N1CC2(C)CC1CC(C)(C)C2. The molecule has 1 saturated heterocycles. The maximum Gasteiger partial charge on any atom is 0.315 e. The minimum Gasteiger partial charge on any atom is -0.337 e. The Morgan fingerprint density at radius 2 is 1.88 bits per heavy atom. The van der Waals surface area contributed by atoms with Crippen LogP contribution in [0.5, 0.6) is 0 Å². The van der Waals surface area contributed by atoms with Crippen molar-refractivity contribution in [1.29, 1.82) is 0 Å². The first-order valence-electron chi connectivity index (χ1n) is 9.56. The average molecular weight is 357 g/mol. The first-order chi connectivity index (χ1) is 12.2. The monoisotopic (exact) mass is 357 g/mol. The van der Waals surface area contributed by atoms with Crippen LogP contribution in [0.15, 0.2) is 30.3 Å². The third kappa shape index (κ3) is 4.19. The number of rotatable bonds is 4. The largest absolute Gasteiger partial charge is 0.337 e. The van der Waals surface area contributed by atoms with Gasteiger partial charge in [-0.3, -0.25) is 4.79 Å². The second-order valence-corrected chi connectivity index (χ2v) is 9.21. The maximum absolute atomic E-state index is 12.9. The maximum atomic E-state index is 12.9. The molecule has 2 fully saturated rings. The Labute approximate surface area is 156 Å². The van der Waals surface area contributed by atoms with Crippen molar-refractivity contribution in [2.24, 2.45) is 10.8 Å². The molecule has 1 aromatic carbocycles. The predicted molar refractivity (Wildman–Crippen MR) is 103 cm³/mol. The highest BCUT2D eigenvalue weighted by Crippen LogP contribution is 2.52. The zero-order chi connectivity index (χ0) is 18.9. The molecule has 3 amide bonds. The van der Waals surface area contributed by atoms with Gasteiger partial charge in [0.05, 0.1) is 0 Å². The highest BCUT2D eigenvalue weighted by Gasteiger charge is 2.51. The molecule has 1 aromatic rings. The lowest BCUT2D eigenvalue weighted by atomic mass is 9.65. The van der Waals surface area contributed by atoms with Gasteiger partial charge in [0.2, 0.25) is 5.91 Å². The fourth-order valence-corrected chi connectivity index (χ4v) is 5.05. The van der Waals surface area contributed by atoms with Gasteiger partial charge in [-0.25, -0.2) is 4.79 Å². The van der Waals surface area contributed by atoms with Crippen molar-refractivity contribution in [2.75, 3.05) is 6.54 Å². The number of nitrogens with zero attached hydrogens (tertiary/aromatic N) is 1. The van der Waals surface area contributed by atoms with Gasteiger partial charge in [0, 0.05) is 19.1 Å². The fourth-order valence-electron chi connectivity index (χ4n) is 5.05. The predicted octanol–water partition coefficient (Wildman–Crippen LogP) is 3.30. The number of benzene rings is 1. The number of urea groups is 1. The molecule has 1 aliphatic heterocycles. The molecular formula is C21H31N3O2. The number of hydrogen-bond acceptors (Lipinski definition) is 2. The van der Waals surface area contributed by atoms with Crippen molar-refractivity contribution in [2.45, 2.75) is 65.6 Å². The molecule has 1 saturated carbocycles. The Bertz CT molecular complexity index is 673. The minimum atomic E-state index is -0.517. The summed E-state index contributed by atoms with van der Waals surface area (Å²) in [6.45, 7) is 9.91. The molecule has 2 N–H and O–H groups in total. The van der Waals surface area contributed by atoms with Gasteiger partial charge in [0.15, 0.2) is 0 Å². The third-order valence-corrected chi connectivity index (χ3v) is 5.71. The van der Waals surface area contributed by atoms with Gasteiger partial charge in [-0.15, -0.1) is 0 Å². The second-order valence-electron chi connectivity index (χ2n) is 9.21. The summed E-state index contributed by atoms with van der Waals surface area (Å²) < 4.78 is 0. The van der Waals surface area contributed by atoms with Crippen LogP contribution in [0.25, 0.3) is 0 Å². The van der Waals surface area contributed by atoms with E-state index in [-0.39, 0.29) is 22.8 Å². The summed E-state index contributed by atoms with van der Waals surface area (Å²) in [6, 6.07) is 9.22. The fraction of sp³-hybridized carbons (Fsp3) is 0.619. The summed E-state index contributed by atoms with van der Waals surface area (Å²) in [7, 11) is 0. The molecule has 0 spiro atoms. The minimum absolute atomic E-state index is 0.0336. The molecular weight excluding hydrogens is 326 g/mol. The number of carbonyl (C=O) groups excluding carboxylic acids is 2. The summed E-state index contributed by atoms with van der Waals surface area (Å²) in [6.07, 6.45) is 3.27. The summed E-state index contributed by atoms with van der Waals surface area (Å²) in [5, 5.41) is 5.62. The van der Waals surface area contributed by atoms with E-state index in [0.717, 1.165) is 31.4 Å². The van der Waals surface area contributed by atoms with Crippen LogP contribution in [-0.4, -0.2) is 35.5 Å². The Morgan fingerprint density at radius 3 is 2.58 bits per heavy atom. The molecule has 0 aromatic heterocycles. The van der Waals surface area contributed by atoms with E-state index in [1.54, 1.807) is 6.92 Å². The standard InChI is InChI=1S/C21H31N3O2/c1-15(23-19(26)22-12-16-8-6-5-7-9-16)18(25)24-14-21(4)11-17(24)10-20(2,3)13-21/h5-9,15,17H,10-14H2,1-4H3,(H2,22,23,26). The van der Waals surface area contributed by atoms with E-state index in [4.69, 9.17) is 0 Å². The number of likely N-dealkylation sites (tertiary alicyclic amines) is 1. The van der Waals surface area contributed by atoms with Crippen LogP contribution >= 0.6 is 0 Å². The Kier molecular flexibility index (Phi) is 5.00. The van der Waals surface area contributed by atoms with E-state index in [2.05, 4.69) is 31.4 Å². The van der Waals surface area contributed by atoms with Gasteiger partial charge >= 0.3 is 6.03 Å². The van der Waals surface area contributed by atoms with Crippen molar-refractivity contribution < 1.29 is 9.59 Å². The number of carbonyl (C=O) groups is 2. The van der Waals surface area contributed by atoms with Crippen molar-refractivity contribution in [3.05, 3.63) is 35.9 Å². The molecule has 5 nitrogen and oxygen atoms in total. The van der Waals surface area contributed by atoms with E-state index >= 15 is 0 Å². The number of nitrogens with one attached hydrogen (secondary N) is 2. The third-order valence-electron chi connectivity index (χ3n) is 5.71.